The fourth-order valence-corrected chi connectivity index (χ4v) is 1.56. The molecule has 1 rings (SSSR count). The van der Waals surface area contributed by atoms with Gasteiger partial charge in [0.2, 0.25) is 0 Å². The second kappa shape index (κ2) is 5.75. The van der Waals surface area contributed by atoms with E-state index in [1.54, 1.807) is 6.07 Å². The van der Waals surface area contributed by atoms with Crippen LogP contribution in [0, 0.1) is 11.3 Å². The zero-order valence-corrected chi connectivity index (χ0v) is 10.2. The van der Waals surface area contributed by atoms with E-state index in [9.17, 15) is 26.3 Å². The summed E-state index contributed by atoms with van der Waals surface area (Å²) < 4.78 is 77.5. The number of nitriles is 1. The first-order chi connectivity index (χ1) is 9.08. The average molecular weight is 319 g/mol. The number of alkyl halides is 7. The largest absolute Gasteiger partial charge is 0.573 e. The Hall–Kier alpha value is -1.69. The molecule has 0 fully saturated rings. The van der Waals surface area contributed by atoms with Gasteiger partial charge in [0.25, 0.3) is 0 Å². The van der Waals surface area contributed by atoms with E-state index in [4.69, 9.17) is 16.9 Å². The van der Waals surface area contributed by atoms with E-state index in [0.717, 1.165) is 0 Å². The highest BCUT2D eigenvalue weighted by Crippen LogP contribution is 2.38. The van der Waals surface area contributed by atoms with Crippen LogP contribution in [0.5, 0.6) is 5.75 Å². The van der Waals surface area contributed by atoms with Gasteiger partial charge in [-0.3, -0.25) is 0 Å². The first-order valence-electron chi connectivity index (χ1n) is 4.87. The second-order valence-electron chi connectivity index (χ2n) is 3.46. The number of hydrogen-bond acceptors (Lipinski definition) is 3. The van der Waals surface area contributed by atoms with Crippen molar-refractivity contribution in [2.24, 2.45) is 0 Å². The Balaban J connectivity index is 3.45. The summed E-state index contributed by atoms with van der Waals surface area (Å²) in [7, 11) is 0. The van der Waals surface area contributed by atoms with Crippen molar-refractivity contribution in [1.82, 2.24) is 4.98 Å². The lowest BCUT2D eigenvalue weighted by atomic mass is 10.1. The molecule has 0 spiro atoms. The normalized spacial score (nSPS) is 12.1. The minimum absolute atomic E-state index is 0.158. The van der Waals surface area contributed by atoms with Gasteiger partial charge in [-0.2, -0.15) is 18.4 Å². The average Bonchev–Trinajstić information content (AvgIpc) is 2.25. The molecular formula is C10H5ClF6N2O. The SMILES string of the molecule is N#CCc1cc(OC(F)(F)F)c(C(F)(F)F)nc1CCl. The monoisotopic (exact) mass is 318 g/mol. The molecule has 0 aliphatic heterocycles. The van der Waals surface area contributed by atoms with Gasteiger partial charge in [-0.1, -0.05) is 0 Å². The Labute approximate surface area is 113 Å². The van der Waals surface area contributed by atoms with Gasteiger partial charge in [-0.25, -0.2) is 4.98 Å². The van der Waals surface area contributed by atoms with E-state index in [1.807, 2.05) is 0 Å². The van der Waals surface area contributed by atoms with Crippen molar-refractivity contribution < 1.29 is 31.1 Å². The minimum atomic E-state index is -5.31. The molecule has 1 aromatic heterocycles. The molecule has 0 N–H and O–H groups in total. The molecule has 0 saturated carbocycles. The minimum Gasteiger partial charge on any atom is -0.403 e. The van der Waals surface area contributed by atoms with Gasteiger partial charge >= 0.3 is 12.5 Å². The van der Waals surface area contributed by atoms with Crippen LogP contribution in [0.4, 0.5) is 26.3 Å². The Kier molecular flexibility index (Phi) is 4.70. The molecule has 0 amide bonds. The standard InChI is InChI=1S/C10H5ClF6N2O/c11-4-6-5(1-2-18)3-7(20-10(15,16)17)8(19-6)9(12,13)14/h3H,1,4H2. The Morgan fingerprint density at radius 1 is 1.25 bits per heavy atom. The Morgan fingerprint density at radius 2 is 1.85 bits per heavy atom. The molecule has 110 valence electrons. The lowest BCUT2D eigenvalue weighted by Crippen LogP contribution is -2.22. The number of pyridine rings is 1. The number of aromatic nitrogens is 1. The third kappa shape index (κ3) is 4.16. The van der Waals surface area contributed by atoms with Gasteiger partial charge in [0.1, 0.15) is 0 Å². The van der Waals surface area contributed by atoms with Crippen molar-refractivity contribution in [3.8, 4) is 11.8 Å². The molecular weight excluding hydrogens is 314 g/mol. The molecule has 0 aliphatic rings. The summed E-state index contributed by atoms with van der Waals surface area (Å²) in [6, 6.07) is 2.07. The molecule has 0 aromatic carbocycles. The van der Waals surface area contributed by atoms with Crippen LogP contribution in [0.25, 0.3) is 0 Å². The Morgan fingerprint density at radius 3 is 2.25 bits per heavy atom. The van der Waals surface area contributed by atoms with E-state index in [0.29, 0.717) is 6.07 Å². The molecule has 0 unspecified atom stereocenters. The van der Waals surface area contributed by atoms with Crippen molar-refractivity contribution in [1.29, 1.82) is 5.26 Å². The molecule has 0 bridgehead atoms. The zero-order chi connectivity index (χ0) is 15.6. The summed E-state index contributed by atoms with van der Waals surface area (Å²) in [5.74, 6) is -1.99. The topological polar surface area (TPSA) is 45.9 Å². The van der Waals surface area contributed by atoms with E-state index in [-0.39, 0.29) is 11.3 Å². The summed E-state index contributed by atoms with van der Waals surface area (Å²) >= 11 is 5.37. The highest BCUT2D eigenvalue weighted by Gasteiger charge is 2.41. The first-order valence-corrected chi connectivity index (χ1v) is 5.40. The summed E-state index contributed by atoms with van der Waals surface area (Å²) in [6.07, 6.45) is -10.9. The van der Waals surface area contributed by atoms with Gasteiger partial charge in [0, 0.05) is 0 Å². The summed E-state index contributed by atoms with van der Waals surface area (Å²) in [5.41, 5.74) is -2.32. The van der Waals surface area contributed by atoms with E-state index in [2.05, 4.69) is 9.72 Å². The smallest absolute Gasteiger partial charge is 0.403 e. The van der Waals surface area contributed by atoms with Crippen LogP contribution in [0.15, 0.2) is 6.07 Å². The lowest BCUT2D eigenvalue weighted by molar-refractivity contribution is -0.276. The summed E-state index contributed by atoms with van der Waals surface area (Å²) in [5, 5.41) is 8.49. The Bertz CT molecular complexity index is 534. The third-order valence-electron chi connectivity index (χ3n) is 2.05. The molecule has 0 saturated heterocycles. The van der Waals surface area contributed by atoms with Crippen LogP contribution in [-0.4, -0.2) is 11.3 Å². The number of ether oxygens (including phenoxy) is 1. The molecule has 20 heavy (non-hydrogen) atoms. The molecule has 0 atom stereocenters. The van der Waals surface area contributed by atoms with Gasteiger partial charge < -0.3 is 4.74 Å². The van der Waals surface area contributed by atoms with Gasteiger partial charge in [0.15, 0.2) is 11.4 Å². The van der Waals surface area contributed by atoms with Crippen LogP contribution >= 0.6 is 11.6 Å². The molecule has 1 heterocycles. The predicted molar refractivity (Wildman–Crippen MR) is 54.8 cm³/mol. The van der Waals surface area contributed by atoms with Gasteiger partial charge in [-0.05, 0) is 11.6 Å². The second-order valence-corrected chi connectivity index (χ2v) is 3.72. The molecule has 3 nitrogen and oxygen atoms in total. The highest BCUT2D eigenvalue weighted by atomic mass is 35.5. The summed E-state index contributed by atoms with van der Waals surface area (Å²) in [6.45, 7) is 0. The van der Waals surface area contributed by atoms with Crippen LogP contribution in [0.2, 0.25) is 0 Å². The van der Waals surface area contributed by atoms with Crippen molar-refractivity contribution in [3.63, 3.8) is 0 Å². The molecule has 0 aliphatic carbocycles. The van der Waals surface area contributed by atoms with Gasteiger partial charge in [0.05, 0.1) is 24.1 Å². The third-order valence-corrected chi connectivity index (χ3v) is 2.30. The quantitative estimate of drug-likeness (QED) is 0.629. The van der Waals surface area contributed by atoms with Gasteiger partial charge in [-0.15, -0.1) is 24.8 Å². The van der Waals surface area contributed by atoms with Crippen molar-refractivity contribution >= 4 is 11.6 Å². The zero-order valence-electron chi connectivity index (χ0n) is 9.44. The van der Waals surface area contributed by atoms with E-state index >= 15 is 0 Å². The fourth-order valence-electron chi connectivity index (χ4n) is 1.33. The maximum atomic E-state index is 12.6. The van der Waals surface area contributed by atoms with Crippen LogP contribution in [-0.2, 0) is 18.5 Å². The number of hydrogen-bond donors (Lipinski definition) is 0. The van der Waals surface area contributed by atoms with Crippen molar-refractivity contribution in [2.45, 2.75) is 24.8 Å². The predicted octanol–water partition coefficient (Wildman–Crippen LogP) is 3.80. The number of halogens is 7. The molecule has 0 radical (unpaired) electrons. The van der Waals surface area contributed by atoms with Crippen molar-refractivity contribution in [3.05, 3.63) is 23.0 Å². The van der Waals surface area contributed by atoms with Crippen LogP contribution in [0.3, 0.4) is 0 Å². The van der Waals surface area contributed by atoms with Crippen LogP contribution in [0.1, 0.15) is 17.0 Å². The van der Waals surface area contributed by atoms with E-state index in [1.165, 1.54) is 0 Å². The number of nitrogens with zero attached hydrogens (tertiary/aromatic N) is 2. The first kappa shape index (κ1) is 16.4. The maximum absolute atomic E-state index is 12.6. The number of rotatable bonds is 3. The molecule has 1 aromatic rings. The van der Waals surface area contributed by atoms with Crippen LogP contribution < -0.4 is 4.74 Å². The van der Waals surface area contributed by atoms with Crippen molar-refractivity contribution in [2.75, 3.05) is 0 Å². The van der Waals surface area contributed by atoms with E-state index < -0.39 is 36.3 Å². The lowest BCUT2D eigenvalue weighted by Gasteiger charge is -2.16. The fraction of sp³-hybridized carbons (Fsp3) is 0.400. The molecule has 10 heteroatoms. The summed E-state index contributed by atoms with van der Waals surface area (Å²) in [4.78, 5) is 3.03. The highest BCUT2D eigenvalue weighted by molar-refractivity contribution is 6.17. The maximum Gasteiger partial charge on any atom is 0.573 e.